The van der Waals surface area contributed by atoms with Gasteiger partial charge in [-0.25, -0.2) is 0 Å². The van der Waals surface area contributed by atoms with Crippen LogP contribution in [0.3, 0.4) is 0 Å². The van der Waals surface area contributed by atoms with E-state index in [-0.39, 0.29) is 5.91 Å². The largest absolute Gasteiger partial charge is 0.345 e. The minimum Gasteiger partial charge on any atom is -0.345 e. The second-order valence-electron chi connectivity index (χ2n) is 4.13. The standard InChI is InChI=1S/C13H21N3O/c1-14-8-3-4-13(17)16(2)11-7-12-5-9-15-10-6-12/h5-6,9-10,14H,3-4,7-8,11H2,1-2H3. The molecule has 4 nitrogen and oxygen atoms in total. The van der Waals surface area contributed by atoms with Crippen molar-refractivity contribution in [1.29, 1.82) is 0 Å². The number of nitrogens with one attached hydrogen (secondary N) is 1. The highest BCUT2D eigenvalue weighted by atomic mass is 16.2. The van der Waals surface area contributed by atoms with Crippen molar-refractivity contribution in [2.45, 2.75) is 19.3 Å². The molecule has 0 aliphatic carbocycles. The van der Waals surface area contributed by atoms with Crippen LogP contribution in [-0.4, -0.2) is 43.0 Å². The van der Waals surface area contributed by atoms with Gasteiger partial charge in [0.05, 0.1) is 0 Å². The van der Waals surface area contributed by atoms with Crippen molar-refractivity contribution in [2.75, 3.05) is 27.2 Å². The molecule has 0 aromatic carbocycles. The van der Waals surface area contributed by atoms with Crippen LogP contribution in [0.5, 0.6) is 0 Å². The van der Waals surface area contributed by atoms with Crippen LogP contribution in [0.4, 0.5) is 0 Å². The molecule has 0 atom stereocenters. The van der Waals surface area contributed by atoms with Gasteiger partial charge in [-0.2, -0.15) is 0 Å². The number of carbonyl (C=O) groups excluding carboxylic acids is 1. The van der Waals surface area contributed by atoms with Crippen LogP contribution in [0, 0.1) is 0 Å². The summed E-state index contributed by atoms with van der Waals surface area (Å²) in [6, 6.07) is 3.97. The Bertz CT molecular complexity index is 327. The molecular formula is C13H21N3O. The molecule has 0 aliphatic rings. The number of hydrogen-bond donors (Lipinski definition) is 1. The van der Waals surface area contributed by atoms with Crippen molar-refractivity contribution in [3.8, 4) is 0 Å². The summed E-state index contributed by atoms with van der Waals surface area (Å²) < 4.78 is 0. The van der Waals surface area contributed by atoms with E-state index in [1.54, 1.807) is 17.3 Å². The van der Waals surface area contributed by atoms with Crippen molar-refractivity contribution < 1.29 is 4.79 Å². The van der Waals surface area contributed by atoms with Gasteiger partial charge in [0.1, 0.15) is 0 Å². The van der Waals surface area contributed by atoms with E-state index in [1.807, 2.05) is 26.2 Å². The van der Waals surface area contributed by atoms with Crippen LogP contribution in [-0.2, 0) is 11.2 Å². The maximum absolute atomic E-state index is 11.7. The molecule has 94 valence electrons. The highest BCUT2D eigenvalue weighted by Crippen LogP contribution is 2.01. The van der Waals surface area contributed by atoms with Gasteiger partial charge in [0.25, 0.3) is 0 Å². The van der Waals surface area contributed by atoms with Gasteiger partial charge in [-0.05, 0) is 44.1 Å². The fraction of sp³-hybridized carbons (Fsp3) is 0.538. The lowest BCUT2D eigenvalue weighted by molar-refractivity contribution is -0.129. The zero-order valence-corrected chi connectivity index (χ0v) is 10.6. The predicted molar refractivity (Wildman–Crippen MR) is 68.7 cm³/mol. The summed E-state index contributed by atoms with van der Waals surface area (Å²) in [4.78, 5) is 17.5. The molecule has 1 aromatic rings. The first-order chi connectivity index (χ1) is 8.24. The molecule has 1 aromatic heterocycles. The van der Waals surface area contributed by atoms with E-state index >= 15 is 0 Å². The van der Waals surface area contributed by atoms with Crippen molar-refractivity contribution in [1.82, 2.24) is 15.2 Å². The molecular weight excluding hydrogens is 214 g/mol. The monoisotopic (exact) mass is 235 g/mol. The lowest BCUT2D eigenvalue weighted by atomic mass is 10.2. The average molecular weight is 235 g/mol. The van der Waals surface area contributed by atoms with Gasteiger partial charge in [0, 0.05) is 32.4 Å². The Balaban J connectivity index is 2.24. The van der Waals surface area contributed by atoms with Crippen LogP contribution >= 0.6 is 0 Å². The second-order valence-corrected chi connectivity index (χ2v) is 4.13. The highest BCUT2D eigenvalue weighted by molar-refractivity contribution is 5.75. The van der Waals surface area contributed by atoms with Gasteiger partial charge >= 0.3 is 0 Å². The minimum atomic E-state index is 0.217. The number of pyridine rings is 1. The molecule has 17 heavy (non-hydrogen) atoms. The Morgan fingerprint density at radius 1 is 1.41 bits per heavy atom. The first-order valence-electron chi connectivity index (χ1n) is 6.01. The molecule has 0 radical (unpaired) electrons. The van der Waals surface area contributed by atoms with E-state index in [1.165, 1.54) is 5.56 Å². The third-order valence-corrected chi connectivity index (χ3v) is 2.73. The predicted octanol–water partition coefficient (Wildman–Crippen LogP) is 1.08. The Kier molecular flexibility index (Phi) is 6.25. The average Bonchev–Trinajstić information content (AvgIpc) is 2.37. The molecule has 4 heteroatoms. The van der Waals surface area contributed by atoms with Crippen LogP contribution in [0.2, 0.25) is 0 Å². The molecule has 0 aliphatic heterocycles. The molecule has 1 heterocycles. The van der Waals surface area contributed by atoms with E-state index in [2.05, 4.69) is 10.3 Å². The lowest BCUT2D eigenvalue weighted by Crippen LogP contribution is -2.29. The summed E-state index contributed by atoms with van der Waals surface area (Å²) in [6.07, 6.45) is 5.97. The number of carbonyl (C=O) groups is 1. The summed E-state index contributed by atoms with van der Waals surface area (Å²) in [5, 5.41) is 3.04. The zero-order valence-electron chi connectivity index (χ0n) is 10.6. The first-order valence-corrected chi connectivity index (χ1v) is 6.01. The van der Waals surface area contributed by atoms with Crippen LogP contribution < -0.4 is 5.32 Å². The Morgan fingerprint density at radius 2 is 2.12 bits per heavy atom. The number of aromatic nitrogens is 1. The van der Waals surface area contributed by atoms with Gasteiger partial charge in [0.15, 0.2) is 0 Å². The van der Waals surface area contributed by atoms with E-state index in [4.69, 9.17) is 0 Å². The van der Waals surface area contributed by atoms with E-state index < -0.39 is 0 Å². The van der Waals surface area contributed by atoms with Gasteiger partial charge in [-0.3, -0.25) is 9.78 Å². The summed E-state index contributed by atoms with van der Waals surface area (Å²) in [5.74, 6) is 0.217. The molecule has 0 bridgehead atoms. The molecule has 0 saturated heterocycles. The third-order valence-electron chi connectivity index (χ3n) is 2.73. The fourth-order valence-corrected chi connectivity index (χ4v) is 1.58. The van der Waals surface area contributed by atoms with Gasteiger partial charge in [-0.1, -0.05) is 0 Å². The number of amides is 1. The quantitative estimate of drug-likeness (QED) is 0.719. The third kappa shape index (κ3) is 5.45. The van der Waals surface area contributed by atoms with Crippen LogP contribution in [0.15, 0.2) is 24.5 Å². The maximum atomic E-state index is 11.7. The summed E-state index contributed by atoms with van der Waals surface area (Å²) in [5.41, 5.74) is 1.22. The summed E-state index contributed by atoms with van der Waals surface area (Å²) in [7, 11) is 3.76. The molecule has 0 fully saturated rings. The van der Waals surface area contributed by atoms with Crippen LogP contribution in [0.25, 0.3) is 0 Å². The number of rotatable bonds is 7. The first kappa shape index (κ1) is 13.6. The van der Waals surface area contributed by atoms with Crippen LogP contribution in [0.1, 0.15) is 18.4 Å². The summed E-state index contributed by atoms with van der Waals surface area (Å²) >= 11 is 0. The number of nitrogens with zero attached hydrogens (tertiary/aromatic N) is 2. The van der Waals surface area contributed by atoms with Crippen molar-refractivity contribution in [3.05, 3.63) is 30.1 Å². The SMILES string of the molecule is CNCCCC(=O)N(C)CCc1ccncc1. The van der Waals surface area contributed by atoms with E-state index in [9.17, 15) is 4.79 Å². The Hall–Kier alpha value is -1.42. The fourth-order valence-electron chi connectivity index (χ4n) is 1.58. The van der Waals surface area contributed by atoms with Crippen molar-refractivity contribution >= 4 is 5.91 Å². The molecule has 0 spiro atoms. The Labute approximate surface area is 103 Å². The zero-order chi connectivity index (χ0) is 12.5. The van der Waals surface area contributed by atoms with Crippen molar-refractivity contribution in [2.24, 2.45) is 0 Å². The van der Waals surface area contributed by atoms with Gasteiger partial charge in [0.2, 0.25) is 5.91 Å². The summed E-state index contributed by atoms with van der Waals surface area (Å²) in [6.45, 7) is 1.66. The Morgan fingerprint density at radius 3 is 2.76 bits per heavy atom. The number of likely N-dealkylation sites (N-methyl/N-ethyl adjacent to an activating group) is 1. The van der Waals surface area contributed by atoms with Gasteiger partial charge < -0.3 is 10.2 Å². The molecule has 0 saturated carbocycles. The topological polar surface area (TPSA) is 45.2 Å². The van der Waals surface area contributed by atoms with E-state index in [0.717, 1.165) is 25.9 Å². The number of hydrogen-bond acceptors (Lipinski definition) is 3. The van der Waals surface area contributed by atoms with Crippen molar-refractivity contribution in [3.63, 3.8) is 0 Å². The molecule has 1 N–H and O–H groups in total. The normalized spacial score (nSPS) is 10.2. The molecule has 1 amide bonds. The lowest BCUT2D eigenvalue weighted by Gasteiger charge is -2.17. The molecule has 1 rings (SSSR count). The molecule has 0 unspecified atom stereocenters. The maximum Gasteiger partial charge on any atom is 0.222 e. The van der Waals surface area contributed by atoms with E-state index in [0.29, 0.717) is 6.42 Å². The highest BCUT2D eigenvalue weighted by Gasteiger charge is 2.07. The minimum absolute atomic E-state index is 0.217. The second kappa shape index (κ2) is 7.79. The smallest absolute Gasteiger partial charge is 0.222 e. The van der Waals surface area contributed by atoms with Gasteiger partial charge in [-0.15, -0.1) is 0 Å².